The lowest BCUT2D eigenvalue weighted by molar-refractivity contribution is 0.262. The first-order valence-corrected chi connectivity index (χ1v) is 6.45. The molecular formula is C13H9IN4O. The third-order valence-electron chi connectivity index (χ3n) is 2.24. The van der Waals surface area contributed by atoms with E-state index >= 15 is 0 Å². The summed E-state index contributed by atoms with van der Waals surface area (Å²) >= 11 is 2.14. The lowest BCUT2D eigenvalue weighted by Gasteiger charge is -2.06. The highest BCUT2D eigenvalue weighted by Crippen LogP contribution is 2.10. The number of carbonyl (C=O) groups is 1. The first-order chi connectivity index (χ1) is 9.17. The maximum absolute atomic E-state index is 11.7. The highest BCUT2D eigenvalue weighted by Gasteiger charge is 2.03. The number of pyridine rings is 1. The van der Waals surface area contributed by atoms with Crippen LogP contribution < -0.4 is 10.6 Å². The van der Waals surface area contributed by atoms with Crippen LogP contribution in [-0.2, 0) is 0 Å². The average molecular weight is 364 g/mol. The average Bonchev–Trinajstić information content (AvgIpc) is 2.42. The van der Waals surface area contributed by atoms with Crippen LogP contribution in [0.25, 0.3) is 0 Å². The maximum Gasteiger partial charge on any atom is 0.324 e. The van der Waals surface area contributed by atoms with Crippen molar-refractivity contribution in [2.24, 2.45) is 0 Å². The topological polar surface area (TPSA) is 77.8 Å². The molecule has 0 fully saturated rings. The number of anilines is 2. The first-order valence-electron chi connectivity index (χ1n) is 5.37. The number of halogens is 1. The molecule has 0 saturated heterocycles. The Kier molecular flexibility index (Phi) is 4.30. The van der Waals surface area contributed by atoms with Crippen LogP contribution in [0.3, 0.4) is 0 Å². The minimum absolute atomic E-state index is 0.376. The molecule has 1 aromatic carbocycles. The van der Waals surface area contributed by atoms with Gasteiger partial charge in [-0.15, -0.1) is 0 Å². The van der Waals surface area contributed by atoms with E-state index in [1.807, 2.05) is 12.1 Å². The van der Waals surface area contributed by atoms with Crippen molar-refractivity contribution in [1.82, 2.24) is 4.98 Å². The number of hydrogen-bond acceptors (Lipinski definition) is 3. The lowest BCUT2D eigenvalue weighted by Crippen LogP contribution is -2.20. The Balaban J connectivity index is 1.97. The molecule has 6 heteroatoms. The van der Waals surface area contributed by atoms with Gasteiger partial charge in [0.15, 0.2) is 0 Å². The second-order valence-electron chi connectivity index (χ2n) is 3.63. The van der Waals surface area contributed by atoms with Gasteiger partial charge >= 0.3 is 6.03 Å². The van der Waals surface area contributed by atoms with Crippen LogP contribution >= 0.6 is 22.6 Å². The van der Waals surface area contributed by atoms with E-state index < -0.39 is 0 Å². The Morgan fingerprint density at radius 1 is 1.16 bits per heavy atom. The van der Waals surface area contributed by atoms with Gasteiger partial charge < -0.3 is 5.32 Å². The predicted molar refractivity (Wildman–Crippen MR) is 80.8 cm³/mol. The predicted octanol–water partition coefficient (Wildman–Crippen LogP) is 3.20. The van der Waals surface area contributed by atoms with Crippen LogP contribution in [0.15, 0.2) is 42.6 Å². The van der Waals surface area contributed by atoms with Gasteiger partial charge in [0.05, 0.1) is 11.6 Å². The summed E-state index contributed by atoms with van der Waals surface area (Å²) in [5.74, 6) is 0.478. The molecule has 1 heterocycles. The van der Waals surface area contributed by atoms with Gasteiger partial charge in [-0.3, -0.25) is 5.32 Å². The Labute approximate surface area is 123 Å². The summed E-state index contributed by atoms with van der Waals surface area (Å²) in [7, 11) is 0. The number of amides is 2. The molecule has 2 amide bonds. The van der Waals surface area contributed by atoms with Gasteiger partial charge in [0, 0.05) is 15.5 Å². The van der Waals surface area contributed by atoms with E-state index in [4.69, 9.17) is 5.26 Å². The van der Waals surface area contributed by atoms with Crippen LogP contribution in [-0.4, -0.2) is 11.0 Å². The summed E-state index contributed by atoms with van der Waals surface area (Å²) in [4.78, 5) is 15.8. The molecule has 0 unspecified atom stereocenters. The van der Waals surface area contributed by atoms with Crippen LogP contribution in [0.5, 0.6) is 0 Å². The van der Waals surface area contributed by atoms with E-state index in [1.165, 1.54) is 0 Å². The Morgan fingerprint density at radius 2 is 1.89 bits per heavy atom. The second kappa shape index (κ2) is 6.15. The fourth-order valence-corrected chi connectivity index (χ4v) is 1.68. The van der Waals surface area contributed by atoms with Crippen LogP contribution in [0.2, 0.25) is 0 Å². The normalized spacial score (nSPS) is 9.47. The Bertz CT molecular complexity index is 617. The number of rotatable bonds is 2. The number of carbonyl (C=O) groups excluding carboxylic acids is 1. The number of urea groups is 1. The number of hydrogen-bond donors (Lipinski definition) is 2. The molecule has 0 saturated carbocycles. The van der Waals surface area contributed by atoms with Crippen molar-refractivity contribution < 1.29 is 4.79 Å². The van der Waals surface area contributed by atoms with E-state index in [-0.39, 0.29) is 6.03 Å². The molecule has 0 aliphatic carbocycles. The molecule has 19 heavy (non-hydrogen) atoms. The molecule has 2 aromatic rings. The minimum Gasteiger partial charge on any atom is -0.308 e. The van der Waals surface area contributed by atoms with Gasteiger partial charge in [-0.1, -0.05) is 0 Å². The number of benzene rings is 1. The minimum atomic E-state index is -0.376. The quantitative estimate of drug-likeness (QED) is 0.804. The van der Waals surface area contributed by atoms with Crippen molar-refractivity contribution in [2.45, 2.75) is 0 Å². The molecule has 5 nitrogen and oxygen atoms in total. The summed E-state index contributed by atoms with van der Waals surface area (Å²) in [5.41, 5.74) is 1.16. The molecule has 2 N–H and O–H groups in total. The third-order valence-corrected chi connectivity index (χ3v) is 2.88. The molecule has 0 aliphatic heterocycles. The van der Waals surface area contributed by atoms with Gasteiger partial charge in [0.1, 0.15) is 5.82 Å². The van der Waals surface area contributed by atoms with Gasteiger partial charge in [0.2, 0.25) is 0 Å². The van der Waals surface area contributed by atoms with E-state index in [0.717, 1.165) is 3.57 Å². The van der Waals surface area contributed by atoms with Gasteiger partial charge in [-0.05, 0) is 59.0 Å². The zero-order chi connectivity index (χ0) is 13.7. The zero-order valence-electron chi connectivity index (χ0n) is 9.72. The number of aromatic nitrogens is 1. The molecule has 2 rings (SSSR count). The summed E-state index contributed by atoms with van der Waals surface area (Å²) < 4.78 is 0.996. The first kappa shape index (κ1) is 13.3. The number of nitrogens with one attached hydrogen (secondary N) is 2. The standard InChI is InChI=1S/C13H9IN4O/c14-10-3-6-12(16-8-10)18-13(19)17-11-4-1-9(7-15)2-5-11/h1-6,8H,(H2,16,17,18,19). The summed E-state index contributed by atoms with van der Waals surface area (Å²) in [6.07, 6.45) is 1.66. The molecule has 0 atom stereocenters. The largest absolute Gasteiger partial charge is 0.324 e. The van der Waals surface area contributed by atoms with E-state index in [1.54, 1.807) is 36.5 Å². The Hall–Kier alpha value is -2.14. The highest BCUT2D eigenvalue weighted by atomic mass is 127. The molecule has 0 aliphatic rings. The van der Waals surface area contributed by atoms with Gasteiger partial charge in [0.25, 0.3) is 0 Å². The molecule has 0 bridgehead atoms. The van der Waals surface area contributed by atoms with Gasteiger partial charge in [-0.2, -0.15) is 5.26 Å². The van der Waals surface area contributed by atoms with Crippen molar-refractivity contribution in [3.05, 3.63) is 51.7 Å². The van der Waals surface area contributed by atoms with Crippen molar-refractivity contribution in [1.29, 1.82) is 5.26 Å². The highest BCUT2D eigenvalue weighted by molar-refractivity contribution is 14.1. The van der Waals surface area contributed by atoms with Crippen molar-refractivity contribution >= 4 is 40.1 Å². The van der Waals surface area contributed by atoms with E-state index in [2.05, 4.69) is 38.2 Å². The van der Waals surface area contributed by atoms with Crippen LogP contribution in [0.4, 0.5) is 16.3 Å². The molecular weight excluding hydrogens is 355 g/mol. The summed E-state index contributed by atoms with van der Waals surface area (Å²) in [6.45, 7) is 0. The van der Waals surface area contributed by atoms with Crippen molar-refractivity contribution in [2.75, 3.05) is 10.6 Å². The zero-order valence-corrected chi connectivity index (χ0v) is 11.9. The molecule has 0 spiro atoms. The maximum atomic E-state index is 11.7. The van der Waals surface area contributed by atoms with Crippen molar-refractivity contribution in [3.8, 4) is 6.07 Å². The second-order valence-corrected chi connectivity index (χ2v) is 4.88. The molecule has 94 valence electrons. The number of nitrogens with zero attached hydrogens (tertiary/aromatic N) is 2. The summed E-state index contributed by atoms with van der Waals surface area (Å²) in [5, 5.41) is 13.9. The van der Waals surface area contributed by atoms with Gasteiger partial charge in [-0.25, -0.2) is 9.78 Å². The SMILES string of the molecule is N#Cc1ccc(NC(=O)Nc2ccc(I)cn2)cc1. The fourth-order valence-electron chi connectivity index (χ4n) is 1.36. The van der Waals surface area contributed by atoms with E-state index in [0.29, 0.717) is 17.1 Å². The summed E-state index contributed by atoms with van der Waals surface area (Å²) in [6, 6.07) is 11.8. The number of nitriles is 1. The van der Waals surface area contributed by atoms with Crippen LogP contribution in [0.1, 0.15) is 5.56 Å². The third kappa shape index (κ3) is 3.93. The fraction of sp³-hybridized carbons (Fsp3) is 0. The Morgan fingerprint density at radius 3 is 2.47 bits per heavy atom. The smallest absolute Gasteiger partial charge is 0.308 e. The molecule has 0 radical (unpaired) electrons. The molecule has 1 aromatic heterocycles. The lowest BCUT2D eigenvalue weighted by atomic mass is 10.2. The van der Waals surface area contributed by atoms with Crippen molar-refractivity contribution in [3.63, 3.8) is 0 Å². The van der Waals surface area contributed by atoms with E-state index in [9.17, 15) is 4.79 Å². The van der Waals surface area contributed by atoms with Crippen LogP contribution in [0, 0.1) is 14.9 Å². The monoisotopic (exact) mass is 364 g/mol.